The molecule has 1 aliphatic heterocycles. The van der Waals surface area contributed by atoms with Gasteiger partial charge in [-0.1, -0.05) is 0 Å². The van der Waals surface area contributed by atoms with E-state index in [4.69, 9.17) is 11.2 Å². The molecule has 1 aliphatic rings. The normalized spacial score (nSPS) is 44.9. The van der Waals surface area contributed by atoms with E-state index in [1.807, 2.05) is 0 Å². The summed E-state index contributed by atoms with van der Waals surface area (Å²) in [5.41, 5.74) is 0. The average molecular weight is 174 g/mol. The van der Waals surface area contributed by atoms with Crippen LogP contribution in [-0.4, -0.2) is 19.4 Å². The number of hydrogen-bond acceptors (Lipinski definition) is 3. The van der Waals surface area contributed by atoms with Gasteiger partial charge in [-0.25, -0.2) is 8.96 Å². The molecule has 9 heavy (non-hydrogen) atoms. The molecule has 3 nitrogen and oxygen atoms in total. The Hall–Kier alpha value is 0.370. The van der Waals surface area contributed by atoms with Crippen LogP contribution >= 0.6 is 18.2 Å². The first-order chi connectivity index (χ1) is 4.10. The molecule has 0 aromatic carbocycles. The minimum absolute atomic E-state index is 0.235. The van der Waals surface area contributed by atoms with Gasteiger partial charge in [-0.05, 0) is 0 Å². The van der Waals surface area contributed by atoms with E-state index in [1.165, 1.54) is 0 Å². The zero-order valence-electron chi connectivity index (χ0n) is 4.42. The summed E-state index contributed by atoms with van der Waals surface area (Å²) < 4.78 is 31.2. The van der Waals surface area contributed by atoms with Crippen molar-refractivity contribution in [3.63, 3.8) is 0 Å². The maximum absolute atomic E-state index is 12.1. The molecule has 54 valence electrons. The van der Waals surface area contributed by atoms with Gasteiger partial charge >= 0.3 is 6.95 Å². The molecular weight excluding hydrogens is 169 g/mol. The van der Waals surface area contributed by atoms with Crippen LogP contribution in [0.15, 0.2) is 0 Å². The number of alkyl halides is 1. The van der Waals surface area contributed by atoms with Gasteiger partial charge in [-0.15, -0.1) is 0 Å². The fourth-order valence-corrected chi connectivity index (χ4v) is 1.52. The van der Waals surface area contributed by atoms with Crippen molar-refractivity contribution in [3.05, 3.63) is 0 Å². The molecule has 0 aromatic rings. The second-order valence-corrected chi connectivity index (χ2v) is 4.24. The molecule has 1 rings (SSSR count). The topological polar surface area (TPSA) is 35.5 Å². The Morgan fingerprint density at radius 3 is 2.33 bits per heavy atom. The van der Waals surface area contributed by atoms with Crippen molar-refractivity contribution in [2.24, 2.45) is 0 Å². The van der Waals surface area contributed by atoms with E-state index in [-0.39, 0.29) is 13.2 Å². The van der Waals surface area contributed by atoms with E-state index in [0.717, 1.165) is 0 Å². The molecule has 0 bridgehead atoms. The van der Waals surface area contributed by atoms with Gasteiger partial charge < -0.3 is 0 Å². The van der Waals surface area contributed by atoms with E-state index >= 15 is 0 Å². The Labute approximate surface area is 56.4 Å². The third kappa shape index (κ3) is 2.22. The molecule has 0 aliphatic carbocycles. The highest BCUT2D eigenvalue weighted by Gasteiger charge is 2.29. The largest absolute Gasteiger partial charge is 0.424 e. The summed E-state index contributed by atoms with van der Waals surface area (Å²) in [6.45, 7) is -3.86. The molecule has 0 unspecified atom stereocenters. The lowest BCUT2D eigenvalue weighted by atomic mass is 10.4. The van der Waals surface area contributed by atoms with Gasteiger partial charge in [-0.3, -0.25) is 9.05 Å². The smallest absolute Gasteiger partial charge is 0.294 e. The molecule has 0 spiro atoms. The van der Waals surface area contributed by atoms with E-state index in [0.29, 0.717) is 0 Å². The third-order valence-electron chi connectivity index (χ3n) is 0.819. The van der Waals surface area contributed by atoms with Crippen LogP contribution < -0.4 is 0 Å². The number of hydrogen-bond donors (Lipinski definition) is 0. The average Bonchev–Trinajstić information content (AvgIpc) is 1.78. The molecule has 1 fully saturated rings. The van der Waals surface area contributed by atoms with Crippen LogP contribution in [0.25, 0.3) is 0 Å². The summed E-state index contributed by atoms with van der Waals surface area (Å²) in [6, 6.07) is 0. The van der Waals surface area contributed by atoms with Gasteiger partial charge in [0.2, 0.25) is 0 Å². The zero-order chi connectivity index (χ0) is 6.91. The van der Waals surface area contributed by atoms with Crippen molar-refractivity contribution in [2.45, 2.75) is 6.17 Å². The summed E-state index contributed by atoms with van der Waals surface area (Å²) in [5, 5.41) is 0. The van der Waals surface area contributed by atoms with Crippen LogP contribution in [0.2, 0.25) is 0 Å². The quantitative estimate of drug-likeness (QED) is 0.525. The van der Waals surface area contributed by atoms with Crippen molar-refractivity contribution in [1.82, 2.24) is 0 Å². The lowest BCUT2D eigenvalue weighted by Crippen LogP contribution is -2.20. The highest BCUT2D eigenvalue weighted by Crippen LogP contribution is 2.55. The van der Waals surface area contributed by atoms with Crippen molar-refractivity contribution in [1.29, 1.82) is 0 Å². The minimum atomic E-state index is -3.39. The fourth-order valence-electron chi connectivity index (χ4n) is 0.425. The number of rotatable bonds is 0. The standard InChI is InChI=1S/C3H5ClFO3P/c4-9(6)7-1-3(5)2-8-9/h3H,1-2H2. The maximum atomic E-state index is 12.1. The van der Waals surface area contributed by atoms with Crippen LogP contribution in [-0.2, 0) is 13.6 Å². The Balaban J connectivity index is 2.44. The Morgan fingerprint density at radius 1 is 1.56 bits per heavy atom. The molecule has 0 atom stereocenters. The van der Waals surface area contributed by atoms with Gasteiger partial charge in [0.05, 0.1) is 13.2 Å². The second-order valence-electron chi connectivity index (χ2n) is 1.62. The second kappa shape index (κ2) is 2.54. The highest BCUT2D eigenvalue weighted by atomic mass is 35.7. The van der Waals surface area contributed by atoms with E-state index in [9.17, 15) is 8.96 Å². The molecule has 0 amide bonds. The molecular formula is C3H5ClFO3P. The minimum Gasteiger partial charge on any atom is -0.294 e. The maximum Gasteiger partial charge on any atom is 0.424 e. The summed E-state index contributed by atoms with van der Waals surface area (Å²) in [7, 11) is 0. The monoisotopic (exact) mass is 174 g/mol. The van der Waals surface area contributed by atoms with Crippen LogP contribution in [0.5, 0.6) is 0 Å². The van der Waals surface area contributed by atoms with Crippen molar-refractivity contribution < 1.29 is 18.0 Å². The Morgan fingerprint density at radius 2 is 2.00 bits per heavy atom. The molecule has 1 saturated heterocycles. The first kappa shape index (κ1) is 7.48. The lowest BCUT2D eigenvalue weighted by Gasteiger charge is -2.19. The molecule has 1 heterocycles. The van der Waals surface area contributed by atoms with Gasteiger partial charge in [0.25, 0.3) is 0 Å². The molecule has 0 radical (unpaired) electrons. The fraction of sp³-hybridized carbons (Fsp3) is 1.00. The Bertz CT molecular complexity index is 140. The SMILES string of the molecule is O=P1(Cl)OCC(F)CO1. The summed E-state index contributed by atoms with van der Waals surface area (Å²) in [6.07, 6.45) is -1.20. The Kier molecular flexibility index (Phi) is 2.11. The van der Waals surface area contributed by atoms with Crippen molar-refractivity contribution in [3.8, 4) is 0 Å². The van der Waals surface area contributed by atoms with Gasteiger partial charge in [-0.2, -0.15) is 0 Å². The molecule has 6 heteroatoms. The van der Waals surface area contributed by atoms with Crippen molar-refractivity contribution >= 4 is 18.2 Å². The van der Waals surface area contributed by atoms with E-state index in [1.54, 1.807) is 0 Å². The van der Waals surface area contributed by atoms with Gasteiger partial charge in [0.15, 0.2) is 0 Å². The summed E-state index contributed by atoms with van der Waals surface area (Å²) in [4.78, 5) is 0. The summed E-state index contributed by atoms with van der Waals surface area (Å²) in [5.74, 6) is 0. The van der Waals surface area contributed by atoms with Gasteiger partial charge in [0.1, 0.15) is 6.17 Å². The van der Waals surface area contributed by atoms with Crippen molar-refractivity contribution in [2.75, 3.05) is 13.2 Å². The van der Waals surface area contributed by atoms with Crippen LogP contribution in [0.3, 0.4) is 0 Å². The molecule has 0 N–H and O–H groups in total. The highest BCUT2D eigenvalue weighted by molar-refractivity contribution is 7.81. The first-order valence-electron chi connectivity index (χ1n) is 2.33. The first-order valence-corrected chi connectivity index (χ1v) is 4.78. The third-order valence-corrected chi connectivity index (χ3v) is 2.32. The van der Waals surface area contributed by atoms with Crippen LogP contribution in [0.4, 0.5) is 4.39 Å². The molecule has 0 saturated carbocycles. The van der Waals surface area contributed by atoms with Crippen LogP contribution in [0.1, 0.15) is 0 Å². The molecule has 0 aromatic heterocycles. The van der Waals surface area contributed by atoms with E-state index in [2.05, 4.69) is 9.05 Å². The van der Waals surface area contributed by atoms with Gasteiger partial charge in [0, 0.05) is 11.2 Å². The van der Waals surface area contributed by atoms with Crippen LogP contribution in [0, 0.1) is 0 Å². The zero-order valence-corrected chi connectivity index (χ0v) is 6.07. The number of halogens is 2. The summed E-state index contributed by atoms with van der Waals surface area (Å²) >= 11 is 5.08. The predicted octanol–water partition coefficient (Wildman–Crippen LogP) is 1.72. The lowest BCUT2D eigenvalue weighted by molar-refractivity contribution is 0.0753. The van der Waals surface area contributed by atoms with E-state index < -0.39 is 13.1 Å². The predicted molar refractivity (Wildman–Crippen MR) is 30.3 cm³/mol.